The van der Waals surface area contributed by atoms with Crippen molar-refractivity contribution in [2.75, 3.05) is 78.9 Å². The Kier molecular flexibility index (Phi) is 64.9. The van der Waals surface area contributed by atoms with Gasteiger partial charge in [0.1, 0.15) is 5.54 Å². The zero-order valence-corrected chi connectivity index (χ0v) is 49.9. The van der Waals surface area contributed by atoms with E-state index in [1.807, 2.05) is 41.5 Å². The molecule has 0 aromatic rings. The lowest BCUT2D eigenvalue weighted by atomic mass is 10.0. The lowest BCUT2D eigenvalue weighted by Gasteiger charge is -2.34. The number of ether oxygens (including phenoxy) is 3. The molecule has 0 spiro atoms. The second-order valence-electron chi connectivity index (χ2n) is 18.3. The molecule has 7 N–H and O–H groups in total. The molecule has 0 atom stereocenters. The molecule has 0 heterocycles. The van der Waals surface area contributed by atoms with Crippen molar-refractivity contribution < 1.29 is 47.8 Å². The van der Waals surface area contributed by atoms with E-state index >= 15 is 0 Å². The van der Waals surface area contributed by atoms with Crippen molar-refractivity contribution in [3.8, 4) is 0 Å². The van der Waals surface area contributed by atoms with E-state index in [-0.39, 0.29) is 100 Å². The third-order valence-electron chi connectivity index (χ3n) is 11.5. The Hall–Kier alpha value is -3.83. The van der Waals surface area contributed by atoms with E-state index in [1.165, 1.54) is 32.1 Å². The van der Waals surface area contributed by atoms with E-state index in [1.54, 1.807) is 0 Å². The van der Waals surface area contributed by atoms with Crippen molar-refractivity contribution in [1.29, 1.82) is 0 Å². The summed E-state index contributed by atoms with van der Waals surface area (Å²) in [5.41, 5.74) is -1.19. The van der Waals surface area contributed by atoms with Crippen molar-refractivity contribution in [2.24, 2.45) is 0 Å². The van der Waals surface area contributed by atoms with Gasteiger partial charge in [0.15, 0.2) is 0 Å². The zero-order chi connectivity index (χ0) is 56.9. The zero-order valence-electron chi connectivity index (χ0n) is 49.9. The maximum atomic E-state index is 13.6. The molecule has 7 amide bonds. The predicted molar refractivity (Wildman–Crippen MR) is 307 cm³/mol. The van der Waals surface area contributed by atoms with E-state index in [0.29, 0.717) is 90.6 Å². The van der Waals surface area contributed by atoms with Crippen LogP contribution >= 0.6 is 0 Å². The second kappa shape index (κ2) is 62.7. The molecule has 75 heavy (non-hydrogen) atoms. The Morgan fingerprint density at radius 3 is 0.773 bits per heavy atom. The monoisotopic (exact) mass is 1070 g/mol. The highest BCUT2D eigenvalue weighted by molar-refractivity contribution is 5.78. The minimum absolute atomic E-state index is 0.0180. The molecule has 0 saturated heterocycles. The predicted octanol–water partition coefficient (Wildman–Crippen LogP) is 9.67. The molecule has 444 valence electrons. The minimum Gasteiger partial charge on any atom is -0.378 e. The van der Waals surface area contributed by atoms with Gasteiger partial charge < -0.3 is 51.4 Å². The molecule has 17 heteroatoms. The van der Waals surface area contributed by atoms with Crippen LogP contribution in [0.5, 0.6) is 0 Å². The first kappa shape index (κ1) is 77.7. The van der Waals surface area contributed by atoms with Crippen molar-refractivity contribution in [1.82, 2.24) is 37.2 Å². The summed E-state index contributed by atoms with van der Waals surface area (Å²) in [4.78, 5) is 87.6. The van der Waals surface area contributed by atoms with Crippen LogP contribution in [0.4, 0.5) is 0 Å². The Bertz CT molecular complexity index is 1210. The van der Waals surface area contributed by atoms with Crippen molar-refractivity contribution in [3.63, 3.8) is 0 Å². The fourth-order valence-electron chi connectivity index (χ4n) is 7.25. The average molecular weight is 1070 g/mol. The molecule has 0 bridgehead atoms. The third-order valence-corrected chi connectivity index (χ3v) is 11.5. The molecule has 0 fully saturated rings. The van der Waals surface area contributed by atoms with Crippen LogP contribution in [0.3, 0.4) is 0 Å². The fourth-order valence-corrected chi connectivity index (χ4v) is 7.25. The molecule has 0 aliphatic rings. The summed E-state index contributed by atoms with van der Waals surface area (Å²) in [5, 5.41) is 20.4. The molecule has 0 aliphatic carbocycles. The molecule has 0 saturated carbocycles. The van der Waals surface area contributed by atoms with Crippen LogP contribution in [0, 0.1) is 0 Å². The number of amides is 7. The van der Waals surface area contributed by atoms with Gasteiger partial charge in [-0.15, -0.1) is 0 Å². The van der Waals surface area contributed by atoms with Crippen LogP contribution in [-0.4, -0.2) is 126 Å². The molecule has 0 aromatic heterocycles. The van der Waals surface area contributed by atoms with Crippen LogP contribution in [-0.2, 0) is 47.8 Å². The van der Waals surface area contributed by atoms with Gasteiger partial charge in [0.25, 0.3) is 0 Å². The molecule has 0 radical (unpaired) electrons. The van der Waals surface area contributed by atoms with Crippen LogP contribution in [0.25, 0.3) is 0 Å². The van der Waals surface area contributed by atoms with Crippen LogP contribution in [0.1, 0.15) is 249 Å². The Labute approximate surface area is 458 Å². The van der Waals surface area contributed by atoms with E-state index in [9.17, 15) is 33.6 Å². The fraction of sp³-hybridized carbons (Fsp3) is 0.879. The van der Waals surface area contributed by atoms with Crippen molar-refractivity contribution in [3.05, 3.63) is 0 Å². The number of carbonyl (C=O) groups is 7. The maximum Gasteiger partial charge on any atom is 0.222 e. The molecule has 0 aromatic carbocycles. The topological polar surface area (TPSA) is 231 Å². The Morgan fingerprint density at radius 1 is 0.280 bits per heavy atom. The lowest BCUT2D eigenvalue weighted by Crippen LogP contribution is -2.58. The number of unbranched alkanes of at least 4 members (excludes halogenated alkanes) is 14. The van der Waals surface area contributed by atoms with E-state index in [4.69, 9.17) is 14.2 Å². The van der Waals surface area contributed by atoms with E-state index in [0.717, 1.165) is 77.0 Å². The first-order chi connectivity index (χ1) is 36.5. The summed E-state index contributed by atoms with van der Waals surface area (Å²) in [7, 11) is 0. The summed E-state index contributed by atoms with van der Waals surface area (Å²) in [6.07, 6.45) is 22.6. The van der Waals surface area contributed by atoms with E-state index in [2.05, 4.69) is 64.9 Å². The average Bonchev–Trinajstić information content (AvgIpc) is 3.41. The maximum absolute atomic E-state index is 13.6. The normalized spacial score (nSPS) is 10.5. The number of nitrogens with one attached hydrogen (secondary N) is 7. The van der Waals surface area contributed by atoms with Crippen molar-refractivity contribution in [2.45, 2.75) is 255 Å². The largest absolute Gasteiger partial charge is 0.378 e. The Morgan fingerprint density at radius 2 is 0.493 bits per heavy atom. The summed E-state index contributed by atoms with van der Waals surface area (Å²) in [6.45, 7) is 23.1. The second-order valence-corrected chi connectivity index (χ2v) is 18.3. The highest BCUT2D eigenvalue weighted by Crippen LogP contribution is 2.14. The summed E-state index contributed by atoms with van der Waals surface area (Å²) in [6, 6.07) is 0. The first-order valence-corrected chi connectivity index (χ1v) is 30.1. The van der Waals surface area contributed by atoms with Gasteiger partial charge in [-0.05, 0) is 44.9 Å². The summed E-state index contributed by atoms with van der Waals surface area (Å²) >= 11 is 0. The van der Waals surface area contributed by atoms with Gasteiger partial charge in [0.05, 0.1) is 39.6 Å². The number of hydrogen-bond donors (Lipinski definition) is 7. The number of rotatable bonds is 50. The van der Waals surface area contributed by atoms with Gasteiger partial charge in [-0.25, -0.2) is 0 Å². The first-order valence-electron chi connectivity index (χ1n) is 30.1. The van der Waals surface area contributed by atoms with Gasteiger partial charge in [-0.1, -0.05) is 159 Å². The van der Waals surface area contributed by atoms with Gasteiger partial charge in [-0.2, -0.15) is 0 Å². The van der Waals surface area contributed by atoms with Crippen LogP contribution in [0.15, 0.2) is 0 Å². The SMILES string of the molecule is CC.CC.CC.CCCCCCCCCCCC(=O)NC(COCCC(=O)NCCCNC(=O)CCCCC)(COCCC(=O)NCCCNC(=O)CCCCC)COCCC(=O)NCCCNC(=O)CCCCC. The molecular formula is C58H117N7O10. The minimum atomic E-state index is -1.19. The van der Waals surface area contributed by atoms with E-state index < -0.39 is 5.54 Å². The Balaban J connectivity index is -0.00000404. The molecule has 17 nitrogen and oxygen atoms in total. The summed E-state index contributed by atoms with van der Waals surface area (Å²) < 4.78 is 18.2. The molecule has 0 rings (SSSR count). The highest BCUT2D eigenvalue weighted by atomic mass is 16.5. The van der Waals surface area contributed by atoms with Gasteiger partial charge in [0.2, 0.25) is 41.4 Å². The number of hydrogen-bond acceptors (Lipinski definition) is 10. The highest BCUT2D eigenvalue weighted by Gasteiger charge is 2.34. The molecular weight excluding hydrogens is 955 g/mol. The molecule has 0 aliphatic heterocycles. The smallest absolute Gasteiger partial charge is 0.222 e. The standard InChI is InChI=1S/C52H99N7O10.3C2H6/c1-5-9-13-14-15-16-17-18-22-29-51(66)59-52(42-67-39-30-48(63)56-36-23-33-53-45(60)26-19-10-6-2,43-68-40-31-49(64)57-37-24-34-54-46(61)27-20-11-7-3)44-69-41-32-50(65)58-38-25-35-55-47(62)28-21-12-8-4;3*1-2/h5-44H2,1-4H3,(H,53,60)(H,54,61)(H,55,62)(H,56,63)(H,57,64)(H,58,65)(H,59,66);3*1-2H3. The summed E-state index contributed by atoms with van der Waals surface area (Å²) in [5.74, 6) is -0.778. The number of carbonyl (C=O) groups excluding carboxylic acids is 7. The van der Waals surface area contributed by atoms with Gasteiger partial charge in [-0.3, -0.25) is 33.6 Å². The van der Waals surface area contributed by atoms with Gasteiger partial charge in [0, 0.05) is 84.2 Å². The van der Waals surface area contributed by atoms with Crippen molar-refractivity contribution >= 4 is 41.4 Å². The third kappa shape index (κ3) is 57.7. The molecule has 0 unspecified atom stereocenters. The van der Waals surface area contributed by atoms with Crippen LogP contribution < -0.4 is 37.2 Å². The quantitative estimate of drug-likeness (QED) is 0.0285. The van der Waals surface area contributed by atoms with Crippen LogP contribution in [0.2, 0.25) is 0 Å². The van der Waals surface area contributed by atoms with Gasteiger partial charge >= 0.3 is 0 Å². The lowest BCUT2D eigenvalue weighted by molar-refractivity contribution is -0.130.